The molecule has 1 heteroatoms. The smallest absolute Gasteiger partial charge is 0.139 e. The summed E-state index contributed by atoms with van der Waals surface area (Å²) >= 11 is 0. The van der Waals surface area contributed by atoms with E-state index >= 15 is 0 Å². The molecule has 2 saturated carbocycles. The lowest BCUT2D eigenvalue weighted by molar-refractivity contribution is -0.144. The molecule has 4 atom stereocenters. The maximum atomic E-state index is 12.2. The van der Waals surface area contributed by atoms with Crippen molar-refractivity contribution in [3.05, 3.63) is 12.7 Å². The normalized spacial score (nSPS) is 48.6. The number of carbonyl (C=O) groups is 1. The second-order valence-corrected chi connectivity index (χ2v) is 6.30. The molecule has 0 radical (unpaired) electrons. The largest absolute Gasteiger partial charge is 0.299 e. The lowest BCUT2D eigenvalue weighted by Crippen LogP contribution is -2.52. The molecule has 90 valence electrons. The van der Waals surface area contributed by atoms with Crippen LogP contribution in [0.5, 0.6) is 0 Å². The van der Waals surface area contributed by atoms with Gasteiger partial charge in [0.2, 0.25) is 0 Å². The van der Waals surface area contributed by atoms with Crippen LogP contribution in [0.2, 0.25) is 0 Å². The SMILES string of the molecule is C=C[C@]1(C)[C@@H](C)CC[C@@]2(C)C(=O)CCC[C@@H]12. The van der Waals surface area contributed by atoms with Crippen LogP contribution in [0.3, 0.4) is 0 Å². The summed E-state index contributed by atoms with van der Waals surface area (Å²) in [4.78, 5) is 12.2. The van der Waals surface area contributed by atoms with E-state index in [9.17, 15) is 4.79 Å². The standard InChI is InChI=1S/C15H24O/c1-5-14(3)11(2)9-10-15(4)12(14)7-6-8-13(15)16/h5,11-12H,1,6-10H2,2-4H3/t11-,12-,14+,15+/m0/s1. The molecule has 2 aliphatic rings. The Kier molecular flexibility index (Phi) is 2.76. The first-order valence-electron chi connectivity index (χ1n) is 6.62. The quantitative estimate of drug-likeness (QED) is 0.611. The molecule has 0 spiro atoms. The minimum atomic E-state index is -0.0618. The first-order chi connectivity index (χ1) is 7.45. The molecular weight excluding hydrogens is 196 g/mol. The van der Waals surface area contributed by atoms with Crippen molar-refractivity contribution in [3.63, 3.8) is 0 Å². The number of fused-ring (bicyclic) bond motifs is 1. The highest BCUT2D eigenvalue weighted by Crippen LogP contribution is 2.58. The predicted octanol–water partition coefficient (Wildman–Crippen LogP) is 3.98. The molecule has 0 heterocycles. The first-order valence-corrected chi connectivity index (χ1v) is 6.62. The molecule has 0 bridgehead atoms. The van der Waals surface area contributed by atoms with Gasteiger partial charge in [-0.25, -0.2) is 0 Å². The van der Waals surface area contributed by atoms with E-state index in [1.807, 2.05) is 0 Å². The van der Waals surface area contributed by atoms with Crippen molar-refractivity contribution in [1.82, 2.24) is 0 Å². The van der Waals surface area contributed by atoms with Crippen LogP contribution in [0.1, 0.15) is 52.9 Å². The summed E-state index contributed by atoms with van der Waals surface area (Å²) in [6.45, 7) is 10.9. The summed E-state index contributed by atoms with van der Waals surface area (Å²) in [6.07, 6.45) is 7.46. The molecular formula is C15H24O. The monoisotopic (exact) mass is 220 g/mol. The van der Waals surface area contributed by atoms with E-state index in [1.54, 1.807) is 0 Å². The van der Waals surface area contributed by atoms with Crippen LogP contribution in [0, 0.1) is 22.7 Å². The number of hydrogen-bond acceptors (Lipinski definition) is 1. The van der Waals surface area contributed by atoms with E-state index in [0.717, 1.165) is 19.3 Å². The highest BCUT2D eigenvalue weighted by molar-refractivity contribution is 5.85. The lowest BCUT2D eigenvalue weighted by atomic mass is 9.48. The predicted molar refractivity (Wildman–Crippen MR) is 67.2 cm³/mol. The molecule has 0 aromatic heterocycles. The summed E-state index contributed by atoms with van der Waals surface area (Å²) in [5.41, 5.74) is 0.0940. The fraction of sp³-hybridized carbons (Fsp3) is 0.800. The van der Waals surface area contributed by atoms with E-state index in [0.29, 0.717) is 17.6 Å². The average Bonchev–Trinajstić information content (AvgIpc) is 2.27. The van der Waals surface area contributed by atoms with Crippen LogP contribution in [0.25, 0.3) is 0 Å². The van der Waals surface area contributed by atoms with Crippen LogP contribution in [-0.4, -0.2) is 5.78 Å². The van der Waals surface area contributed by atoms with Gasteiger partial charge in [-0.3, -0.25) is 4.79 Å². The third kappa shape index (κ3) is 1.40. The number of Topliss-reactive ketones (excluding diaryl/α,β-unsaturated/α-hetero) is 1. The Bertz CT molecular complexity index is 315. The number of hydrogen-bond donors (Lipinski definition) is 0. The number of ketones is 1. The van der Waals surface area contributed by atoms with Crippen molar-refractivity contribution < 1.29 is 4.79 Å². The Morgan fingerprint density at radius 2 is 2.06 bits per heavy atom. The number of carbonyl (C=O) groups excluding carboxylic acids is 1. The maximum Gasteiger partial charge on any atom is 0.139 e. The summed E-state index contributed by atoms with van der Waals surface area (Å²) < 4.78 is 0. The molecule has 2 fully saturated rings. The second kappa shape index (κ2) is 3.72. The first kappa shape index (κ1) is 11.9. The minimum absolute atomic E-state index is 0.0618. The van der Waals surface area contributed by atoms with Gasteiger partial charge in [0.25, 0.3) is 0 Å². The maximum absolute atomic E-state index is 12.2. The second-order valence-electron chi connectivity index (χ2n) is 6.30. The highest BCUT2D eigenvalue weighted by atomic mass is 16.1. The van der Waals surface area contributed by atoms with Crippen molar-refractivity contribution in [2.45, 2.75) is 52.9 Å². The van der Waals surface area contributed by atoms with Gasteiger partial charge in [-0.2, -0.15) is 0 Å². The summed E-state index contributed by atoms with van der Waals surface area (Å²) in [6, 6.07) is 0. The summed E-state index contributed by atoms with van der Waals surface area (Å²) in [5, 5.41) is 0. The lowest BCUT2D eigenvalue weighted by Gasteiger charge is -2.55. The third-order valence-corrected chi connectivity index (χ3v) is 5.65. The molecule has 0 aromatic carbocycles. The molecule has 1 nitrogen and oxygen atoms in total. The molecule has 0 saturated heterocycles. The van der Waals surface area contributed by atoms with Crippen molar-refractivity contribution in [2.24, 2.45) is 22.7 Å². The minimum Gasteiger partial charge on any atom is -0.299 e. The zero-order chi connectivity index (χ0) is 12.0. The van der Waals surface area contributed by atoms with Gasteiger partial charge < -0.3 is 0 Å². The van der Waals surface area contributed by atoms with Crippen molar-refractivity contribution in [1.29, 1.82) is 0 Å². The van der Waals surface area contributed by atoms with E-state index in [4.69, 9.17) is 0 Å². The van der Waals surface area contributed by atoms with E-state index in [1.165, 1.54) is 12.8 Å². The van der Waals surface area contributed by atoms with Gasteiger partial charge in [0.15, 0.2) is 0 Å². The van der Waals surface area contributed by atoms with Gasteiger partial charge in [-0.05, 0) is 42.9 Å². The van der Waals surface area contributed by atoms with Crippen molar-refractivity contribution >= 4 is 5.78 Å². The van der Waals surface area contributed by atoms with E-state index in [2.05, 4.69) is 33.4 Å². The number of allylic oxidation sites excluding steroid dienone is 1. The van der Waals surface area contributed by atoms with E-state index < -0.39 is 0 Å². The number of rotatable bonds is 1. The van der Waals surface area contributed by atoms with Gasteiger partial charge in [0.1, 0.15) is 5.78 Å². The van der Waals surface area contributed by atoms with Gasteiger partial charge in [0.05, 0.1) is 0 Å². The van der Waals surface area contributed by atoms with E-state index in [-0.39, 0.29) is 10.8 Å². The summed E-state index contributed by atoms with van der Waals surface area (Å²) in [7, 11) is 0. The van der Waals surface area contributed by atoms with Crippen molar-refractivity contribution in [2.75, 3.05) is 0 Å². The topological polar surface area (TPSA) is 17.1 Å². The Labute approximate surface area is 99.3 Å². The molecule has 0 N–H and O–H groups in total. The van der Waals surface area contributed by atoms with Crippen LogP contribution < -0.4 is 0 Å². The van der Waals surface area contributed by atoms with Gasteiger partial charge in [-0.1, -0.05) is 26.8 Å². The van der Waals surface area contributed by atoms with Crippen molar-refractivity contribution in [3.8, 4) is 0 Å². The Morgan fingerprint density at radius 1 is 1.38 bits per heavy atom. The average molecular weight is 220 g/mol. The van der Waals surface area contributed by atoms with Crippen LogP contribution >= 0.6 is 0 Å². The molecule has 2 rings (SSSR count). The molecule has 0 aromatic rings. The third-order valence-electron chi connectivity index (χ3n) is 5.65. The summed E-state index contributed by atoms with van der Waals surface area (Å²) in [5.74, 6) is 1.68. The molecule has 0 aliphatic heterocycles. The fourth-order valence-corrected chi connectivity index (χ4v) is 4.09. The van der Waals surface area contributed by atoms with Crippen LogP contribution in [-0.2, 0) is 4.79 Å². The Balaban J connectivity index is 2.41. The highest BCUT2D eigenvalue weighted by Gasteiger charge is 2.54. The molecule has 0 unspecified atom stereocenters. The Hall–Kier alpha value is -0.590. The van der Waals surface area contributed by atoms with Crippen LogP contribution in [0.4, 0.5) is 0 Å². The zero-order valence-corrected chi connectivity index (χ0v) is 10.9. The Morgan fingerprint density at radius 3 is 2.69 bits per heavy atom. The van der Waals surface area contributed by atoms with Crippen LogP contribution in [0.15, 0.2) is 12.7 Å². The molecule has 16 heavy (non-hydrogen) atoms. The zero-order valence-electron chi connectivity index (χ0n) is 10.9. The fourth-order valence-electron chi connectivity index (χ4n) is 4.09. The van der Waals surface area contributed by atoms with Gasteiger partial charge >= 0.3 is 0 Å². The molecule has 0 amide bonds. The van der Waals surface area contributed by atoms with Gasteiger partial charge in [-0.15, -0.1) is 6.58 Å². The molecule has 2 aliphatic carbocycles. The van der Waals surface area contributed by atoms with Gasteiger partial charge in [0, 0.05) is 11.8 Å².